The lowest BCUT2D eigenvalue weighted by Crippen LogP contribution is -2.42. The van der Waals surface area contributed by atoms with Crippen LogP contribution in [0.4, 0.5) is 10.8 Å². The minimum absolute atomic E-state index is 0.0653. The quantitative estimate of drug-likeness (QED) is 0.286. The molecule has 0 radical (unpaired) electrons. The number of nitrogens with zero attached hydrogens (tertiary/aromatic N) is 4. The van der Waals surface area contributed by atoms with E-state index in [0.717, 1.165) is 11.3 Å². The van der Waals surface area contributed by atoms with Crippen molar-refractivity contribution in [3.8, 4) is 6.07 Å². The number of nitrogens with two attached hydrogens (primary N) is 1. The van der Waals surface area contributed by atoms with E-state index in [2.05, 4.69) is 21.6 Å². The average Bonchev–Trinajstić information content (AvgIpc) is 3.37. The van der Waals surface area contributed by atoms with Crippen LogP contribution in [0.25, 0.3) is 0 Å². The zero-order valence-electron chi connectivity index (χ0n) is 22.5. The number of benzene rings is 2. The van der Waals surface area contributed by atoms with Crippen molar-refractivity contribution >= 4 is 68.8 Å². The zero-order valence-corrected chi connectivity index (χ0v) is 25.6. The number of amides is 1. The van der Waals surface area contributed by atoms with Crippen molar-refractivity contribution in [1.29, 1.82) is 5.26 Å². The lowest BCUT2D eigenvalue weighted by atomic mass is 9.69. The molecule has 0 saturated carbocycles. The number of nitriles is 1. The number of aromatic nitrogens is 2. The lowest BCUT2D eigenvalue weighted by molar-refractivity contribution is -0.118. The van der Waals surface area contributed by atoms with E-state index >= 15 is 0 Å². The summed E-state index contributed by atoms with van der Waals surface area (Å²) in [5, 5.41) is 22.9. The van der Waals surface area contributed by atoms with Gasteiger partial charge < -0.3 is 11.1 Å². The topological polar surface area (TPSA) is 125 Å². The van der Waals surface area contributed by atoms with Crippen molar-refractivity contribution in [1.82, 2.24) is 10.2 Å². The zero-order chi connectivity index (χ0) is 29.5. The number of hydrogen-bond donors (Lipinski definition) is 2. The van der Waals surface area contributed by atoms with Crippen LogP contribution in [0.1, 0.15) is 43.7 Å². The summed E-state index contributed by atoms with van der Waals surface area (Å²) >= 11 is 15.0. The van der Waals surface area contributed by atoms with Crippen LogP contribution in [0.15, 0.2) is 69.5 Å². The average molecular weight is 626 g/mol. The summed E-state index contributed by atoms with van der Waals surface area (Å²) in [4.78, 5) is 27.9. The number of hydrogen-bond acceptors (Lipinski definition) is 9. The molecule has 8 nitrogen and oxygen atoms in total. The van der Waals surface area contributed by atoms with E-state index in [1.807, 2.05) is 45.0 Å². The highest BCUT2D eigenvalue weighted by Gasteiger charge is 2.45. The number of allylic oxidation sites excluding steroid dienone is 3. The van der Waals surface area contributed by atoms with Gasteiger partial charge in [0.05, 0.1) is 33.4 Å². The predicted octanol–water partition coefficient (Wildman–Crippen LogP) is 6.83. The van der Waals surface area contributed by atoms with Gasteiger partial charge in [0.1, 0.15) is 5.82 Å². The number of nitrogens with one attached hydrogen (secondary N) is 1. The number of carbonyl (C=O) groups is 2. The largest absolute Gasteiger partial charge is 0.384 e. The minimum Gasteiger partial charge on any atom is -0.384 e. The molecule has 12 heteroatoms. The molecule has 1 amide bonds. The van der Waals surface area contributed by atoms with Gasteiger partial charge in [-0.15, -0.1) is 10.2 Å². The Morgan fingerprint density at radius 1 is 1.20 bits per heavy atom. The minimum atomic E-state index is -0.683. The van der Waals surface area contributed by atoms with Gasteiger partial charge in [0.2, 0.25) is 11.0 Å². The summed E-state index contributed by atoms with van der Waals surface area (Å²) in [6.45, 7) is 6.03. The number of thioether (sulfide) groups is 1. The molecular weight excluding hydrogens is 599 g/mol. The summed E-state index contributed by atoms with van der Waals surface area (Å²) in [6.07, 6.45) is 0.857. The summed E-state index contributed by atoms with van der Waals surface area (Å²) < 4.78 is 0.556. The summed E-state index contributed by atoms with van der Waals surface area (Å²) in [6, 6.07) is 14.9. The maximum Gasteiger partial charge on any atom is 0.234 e. The van der Waals surface area contributed by atoms with Crippen LogP contribution in [0, 0.1) is 23.7 Å². The molecule has 2 aromatic carbocycles. The van der Waals surface area contributed by atoms with Crippen molar-refractivity contribution in [2.24, 2.45) is 11.1 Å². The van der Waals surface area contributed by atoms with E-state index in [9.17, 15) is 14.9 Å². The predicted molar refractivity (Wildman–Crippen MR) is 164 cm³/mol. The normalized spacial score (nSPS) is 18.3. The second kappa shape index (κ2) is 11.5. The highest BCUT2D eigenvalue weighted by molar-refractivity contribution is 8.01. The van der Waals surface area contributed by atoms with Crippen LogP contribution >= 0.6 is 46.3 Å². The Labute approximate surface area is 256 Å². The first-order valence-corrected chi connectivity index (χ1v) is 15.3. The van der Waals surface area contributed by atoms with E-state index in [4.69, 9.17) is 28.9 Å². The van der Waals surface area contributed by atoms with Gasteiger partial charge in [-0.2, -0.15) is 5.26 Å². The van der Waals surface area contributed by atoms with Crippen LogP contribution in [0.2, 0.25) is 10.0 Å². The van der Waals surface area contributed by atoms with Gasteiger partial charge in [-0.25, -0.2) is 0 Å². The molecule has 1 atom stereocenters. The fourth-order valence-corrected chi connectivity index (χ4v) is 7.05. The highest BCUT2D eigenvalue weighted by atomic mass is 35.5. The lowest BCUT2D eigenvalue weighted by Gasteiger charge is -2.42. The first-order chi connectivity index (χ1) is 19.5. The Bertz CT molecular complexity index is 1660. The fraction of sp³-hybridized carbons (Fsp3) is 0.276. The summed E-state index contributed by atoms with van der Waals surface area (Å²) in [5.74, 6) is -0.608. The van der Waals surface area contributed by atoms with Gasteiger partial charge in [-0.3, -0.25) is 14.5 Å². The molecule has 2 aliphatic rings. The molecular formula is C29H26Cl2N6O2S2. The first kappa shape index (κ1) is 29.1. The molecule has 2 heterocycles. The third-order valence-electron chi connectivity index (χ3n) is 6.91. The number of anilines is 2. The monoisotopic (exact) mass is 624 g/mol. The molecule has 5 rings (SSSR count). The Morgan fingerprint density at radius 2 is 1.93 bits per heavy atom. The van der Waals surface area contributed by atoms with E-state index in [1.165, 1.54) is 23.1 Å². The van der Waals surface area contributed by atoms with Crippen molar-refractivity contribution in [2.45, 2.75) is 43.9 Å². The van der Waals surface area contributed by atoms with E-state index in [0.29, 0.717) is 49.2 Å². The number of rotatable bonds is 6. The second-order valence-electron chi connectivity index (χ2n) is 10.7. The Kier molecular flexibility index (Phi) is 8.17. The summed E-state index contributed by atoms with van der Waals surface area (Å²) in [7, 11) is 0. The van der Waals surface area contributed by atoms with Gasteiger partial charge >= 0.3 is 0 Å². The van der Waals surface area contributed by atoms with Crippen LogP contribution in [0.5, 0.6) is 0 Å². The molecule has 1 aliphatic heterocycles. The van der Waals surface area contributed by atoms with Crippen LogP contribution < -0.4 is 16.0 Å². The second-order valence-corrected chi connectivity index (χ2v) is 13.7. The molecule has 0 saturated heterocycles. The Balaban J connectivity index is 1.47. The highest BCUT2D eigenvalue weighted by Crippen LogP contribution is 2.51. The van der Waals surface area contributed by atoms with Crippen LogP contribution in [-0.4, -0.2) is 27.6 Å². The number of carbonyl (C=O) groups excluding carboxylic acids is 2. The molecule has 1 aliphatic carbocycles. The molecule has 0 spiro atoms. The third-order valence-corrected chi connectivity index (χ3v) is 9.69. The molecule has 41 heavy (non-hydrogen) atoms. The van der Waals surface area contributed by atoms with Crippen molar-refractivity contribution in [3.05, 3.63) is 86.3 Å². The first-order valence-electron chi connectivity index (χ1n) is 12.7. The van der Waals surface area contributed by atoms with Gasteiger partial charge in [-0.05, 0) is 48.6 Å². The maximum absolute atomic E-state index is 13.7. The smallest absolute Gasteiger partial charge is 0.234 e. The molecule has 210 valence electrons. The van der Waals surface area contributed by atoms with Crippen molar-refractivity contribution in [3.63, 3.8) is 0 Å². The molecule has 1 unspecified atom stereocenters. The third kappa shape index (κ3) is 5.99. The van der Waals surface area contributed by atoms with E-state index < -0.39 is 5.92 Å². The molecule has 3 N–H and O–H groups in total. The molecule has 1 aromatic heterocycles. The molecule has 3 aromatic rings. The van der Waals surface area contributed by atoms with Gasteiger partial charge in [0.15, 0.2) is 10.1 Å². The van der Waals surface area contributed by atoms with Crippen molar-refractivity contribution in [2.75, 3.05) is 16.0 Å². The van der Waals surface area contributed by atoms with Gasteiger partial charge in [0, 0.05) is 23.4 Å². The standard InChI is InChI=1S/C29H26Cl2N6O2S2/c1-15-4-7-17(8-5-15)34-23(39)14-40-28-36-35-27(41-28)37-21-11-29(2,3)12-22(38)25(21)24(18(13-32)26(37)33)16-6-9-19(30)20(31)10-16/h4-10,24H,11-12,14,33H2,1-3H3,(H,34,39). The van der Waals surface area contributed by atoms with E-state index in [-0.39, 0.29) is 34.3 Å². The van der Waals surface area contributed by atoms with Gasteiger partial charge in [0.25, 0.3) is 0 Å². The Hall–Kier alpha value is -3.36. The maximum atomic E-state index is 13.7. The molecule has 0 bridgehead atoms. The number of ketones is 1. The van der Waals surface area contributed by atoms with E-state index in [1.54, 1.807) is 23.1 Å². The molecule has 0 fully saturated rings. The SMILES string of the molecule is Cc1ccc(NC(=O)CSc2nnc(N3C(N)=C(C#N)C(c4ccc(Cl)c(Cl)c4)C4=C3CC(C)(C)CC4=O)s2)cc1. The number of aryl methyl sites for hydroxylation is 1. The Morgan fingerprint density at radius 3 is 2.61 bits per heavy atom. The van der Waals surface area contributed by atoms with Crippen molar-refractivity contribution < 1.29 is 9.59 Å². The fourth-order valence-electron chi connectivity index (χ4n) is 5.07. The van der Waals surface area contributed by atoms with Crippen LogP contribution in [-0.2, 0) is 9.59 Å². The summed E-state index contributed by atoms with van der Waals surface area (Å²) in [5.41, 5.74) is 10.2. The van der Waals surface area contributed by atoms with Gasteiger partial charge in [-0.1, -0.05) is 83.9 Å². The number of halogens is 2. The van der Waals surface area contributed by atoms with Crippen LogP contribution in [0.3, 0.4) is 0 Å². The number of Topliss-reactive ketones (excluding diaryl/α,β-unsaturated/α-hetero) is 1.